The number of alkyl halides is 2. The number of carbonyl (C=O) groups excluding carboxylic acids is 1. The second-order valence-corrected chi connectivity index (χ2v) is 2.91. The van der Waals surface area contributed by atoms with Crippen LogP contribution in [0.1, 0.15) is 19.3 Å². The Balaban J connectivity index is 2.70. The van der Waals surface area contributed by atoms with Gasteiger partial charge in [0.2, 0.25) is 0 Å². The zero-order valence-electron chi connectivity index (χ0n) is 6.22. The first-order chi connectivity index (χ1) is 5.44. The van der Waals surface area contributed by atoms with E-state index in [9.17, 15) is 18.4 Å². The van der Waals surface area contributed by atoms with Crippen LogP contribution in [0.3, 0.4) is 0 Å². The summed E-state index contributed by atoms with van der Waals surface area (Å²) in [6.45, 7) is 0. The van der Waals surface area contributed by atoms with E-state index in [-0.39, 0.29) is 25.0 Å². The average molecular weight is 178 g/mol. The van der Waals surface area contributed by atoms with Crippen LogP contribution in [-0.4, -0.2) is 22.8 Å². The summed E-state index contributed by atoms with van der Waals surface area (Å²) < 4.78 is 25.3. The van der Waals surface area contributed by atoms with E-state index in [0.717, 1.165) is 0 Å². The molecule has 0 spiro atoms. The summed E-state index contributed by atoms with van der Waals surface area (Å²) in [7, 11) is 0. The number of Topliss-reactive ketones (excluding diaryl/α,β-unsaturated/α-hetero) is 1. The molecule has 3 nitrogen and oxygen atoms in total. The molecule has 12 heavy (non-hydrogen) atoms. The molecule has 0 aromatic heterocycles. The Morgan fingerprint density at radius 3 is 2.50 bits per heavy atom. The van der Waals surface area contributed by atoms with Gasteiger partial charge in [0.15, 0.2) is 0 Å². The number of hydrogen-bond acceptors (Lipinski definition) is 2. The van der Waals surface area contributed by atoms with Crippen molar-refractivity contribution in [2.24, 2.45) is 5.92 Å². The van der Waals surface area contributed by atoms with Crippen LogP contribution in [0.25, 0.3) is 0 Å². The molecule has 0 heterocycles. The van der Waals surface area contributed by atoms with Gasteiger partial charge in [-0.2, -0.15) is 8.78 Å². The second kappa shape index (κ2) is 2.80. The SMILES string of the molecule is O=C1CCC(C(F)(F)C(=O)O)C1. The first-order valence-corrected chi connectivity index (χ1v) is 3.57. The van der Waals surface area contributed by atoms with E-state index >= 15 is 0 Å². The topological polar surface area (TPSA) is 54.4 Å². The van der Waals surface area contributed by atoms with Gasteiger partial charge in [0.25, 0.3) is 0 Å². The molecule has 1 saturated carbocycles. The van der Waals surface area contributed by atoms with Crippen LogP contribution in [0.2, 0.25) is 0 Å². The predicted molar refractivity (Wildman–Crippen MR) is 34.9 cm³/mol. The lowest BCUT2D eigenvalue weighted by Gasteiger charge is -2.16. The van der Waals surface area contributed by atoms with Crippen LogP contribution >= 0.6 is 0 Å². The molecule has 0 aliphatic heterocycles. The molecule has 68 valence electrons. The van der Waals surface area contributed by atoms with E-state index in [1.807, 2.05) is 0 Å². The van der Waals surface area contributed by atoms with Crippen LogP contribution in [0.15, 0.2) is 0 Å². The molecule has 0 bridgehead atoms. The highest BCUT2D eigenvalue weighted by atomic mass is 19.3. The molecule has 1 unspecified atom stereocenters. The fourth-order valence-corrected chi connectivity index (χ4v) is 1.30. The number of hydrogen-bond donors (Lipinski definition) is 1. The van der Waals surface area contributed by atoms with Crippen molar-refractivity contribution < 1.29 is 23.5 Å². The zero-order chi connectivity index (χ0) is 9.35. The third-order valence-electron chi connectivity index (χ3n) is 2.04. The number of halogens is 2. The normalized spacial score (nSPS) is 24.5. The van der Waals surface area contributed by atoms with Gasteiger partial charge >= 0.3 is 11.9 Å². The average Bonchev–Trinajstić information content (AvgIpc) is 2.35. The molecule has 1 N–H and O–H groups in total. The Bertz CT molecular complexity index is 225. The molecule has 5 heteroatoms. The largest absolute Gasteiger partial charge is 0.477 e. The maximum Gasteiger partial charge on any atom is 0.374 e. The lowest BCUT2D eigenvalue weighted by atomic mass is 10.00. The molecule has 1 aliphatic rings. The third-order valence-corrected chi connectivity index (χ3v) is 2.04. The van der Waals surface area contributed by atoms with Gasteiger partial charge in [-0.15, -0.1) is 0 Å². The lowest BCUT2D eigenvalue weighted by Crippen LogP contribution is -2.35. The Kier molecular flexibility index (Phi) is 2.12. The predicted octanol–water partition coefficient (Wildman–Crippen LogP) is 1.08. The summed E-state index contributed by atoms with van der Waals surface area (Å²) in [6, 6.07) is 0. The maximum absolute atomic E-state index is 12.7. The van der Waals surface area contributed by atoms with Crippen molar-refractivity contribution in [3.05, 3.63) is 0 Å². The molecule has 1 atom stereocenters. The van der Waals surface area contributed by atoms with Crippen molar-refractivity contribution in [2.75, 3.05) is 0 Å². The minimum Gasteiger partial charge on any atom is -0.477 e. The lowest BCUT2D eigenvalue weighted by molar-refractivity contribution is -0.173. The fraction of sp³-hybridized carbons (Fsp3) is 0.714. The Morgan fingerprint density at radius 1 is 1.58 bits per heavy atom. The number of carboxylic acids is 1. The van der Waals surface area contributed by atoms with Gasteiger partial charge in [-0.25, -0.2) is 4.79 Å². The Hall–Kier alpha value is -1.00. The van der Waals surface area contributed by atoms with Gasteiger partial charge in [0, 0.05) is 18.8 Å². The van der Waals surface area contributed by atoms with Gasteiger partial charge in [0.05, 0.1) is 0 Å². The summed E-state index contributed by atoms with van der Waals surface area (Å²) in [6.07, 6.45) is -0.245. The fourth-order valence-electron chi connectivity index (χ4n) is 1.30. The van der Waals surface area contributed by atoms with Crippen LogP contribution in [0.4, 0.5) is 8.78 Å². The van der Waals surface area contributed by atoms with Gasteiger partial charge in [-0.3, -0.25) is 4.79 Å². The monoisotopic (exact) mass is 178 g/mol. The number of ketones is 1. The second-order valence-electron chi connectivity index (χ2n) is 2.91. The van der Waals surface area contributed by atoms with E-state index in [1.165, 1.54) is 0 Å². The number of aliphatic carboxylic acids is 1. The Morgan fingerprint density at radius 2 is 2.17 bits per heavy atom. The summed E-state index contributed by atoms with van der Waals surface area (Å²) >= 11 is 0. The number of carbonyl (C=O) groups is 2. The van der Waals surface area contributed by atoms with Crippen molar-refractivity contribution in [2.45, 2.75) is 25.2 Å². The molecule has 0 radical (unpaired) electrons. The molecule has 0 aromatic carbocycles. The quantitative estimate of drug-likeness (QED) is 0.688. The molecule has 0 amide bonds. The van der Waals surface area contributed by atoms with Crippen LogP contribution in [0.5, 0.6) is 0 Å². The Labute approximate surface area is 67.4 Å². The minimum absolute atomic E-state index is 0.0157. The molecule has 0 saturated heterocycles. The van der Waals surface area contributed by atoms with Crippen LogP contribution in [0, 0.1) is 5.92 Å². The summed E-state index contributed by atoms with van der Waals surface area (Å²) in [4.78, 5) is 20.6. The van der Waals surface area contributed by atoms with E-state index < -0.39 is 17.8 Å². The highest BCUT2D eigenvalue weighted by Gasteiger charge is 2.49. The summed E-state index contributed by atoms with van der Waals surface area (Å²) in [5.41, 5.74) is 0. The van der Waals surface area contributed by atoms with Crippen molar-refractivity contribution in [1.82, 2.24) is 0 Å². The minimum atomic E-state index is -3.74. The standard InChI is InChI=1S/C7H8F2O3/c8-7(9,6(11)12)4-1-2-5(10)3-4/h4H,1-3H2,(H,11,12). The van der Waals surface area contributed by atoms with Gasteiger partial charge in [0.1, 0.15) is 5.78 Å². The van der Waals surface area contributed by atoms with Gasteiger partial charge in [-0.1, -0.05) is 0 Å². The number of rotatable bonds is 2. The molecule has 1 rings (SSSR count). The summed E-state index contributed by atoms with van der Waals surface area (Å²) in [5, 5.41) is 8.13. The molecule has 1 aliphatic carbocycles. The molecule has 0 aromatic rings. The smallest absolute Gasteiger partial charge is 0.374 e. The van der Waals surface area contributed by atoms with Crippen molar-refractivity contribution >= 4 is 11.8 Å². The van der Waals surface area contributed by atoms with Gasteiger partial charge < -0.3 is 5.11 Å². The maximum atomic E-state index is 12.7. The summed E-state index contributed by atoms with van der Waals surface area (Å²) in [5.74, 6) is -7.46. The van der Waals surface area contributed by atoms with Crippen molar-refractivity contribution in [3.63, 3.8) is 0 Å². The first-order valence-electron chi connectivity index (χ1n) is 3.57. The van der Waals surface area contributed by atoms with Crippen molar-refractivity contribution in [3.8, 4) is 0 Å². The highest BCUT2D eigenvalue weighted by molar-refractivity contribution is 5.83. The highest BCUT2D eigenvalue weighted by Crippen LogP contribution is 2.36. The van der Waals surface area contributed by atoms with E-state index in [4.69, 9.17) is 5.11 Å². The van der Waals surface area contributed by atoms with E-state index in [2.05, 4.69) is 0 Å². The number of carboxylic acid groups (broad SMARTS) is 1. The van der Waals surface area contributed by atoms with E-state index in [0.29, 0.717) is 0 Å². The molecular weight excluding hydrogens is 170 g/mol. The first kappa shape index (κ1) is 9.09. The zero-order valence-corrected chi connectivity index (χ0v) is 6.22. The molecule has 1 fully saturated rings. The van der Waals surface area contributed by atoms with Crippen LogP contribution in [-0.2, 0) is 9.59 Å². The molecular formula is C7H8F2O3. The van der Waals surface area contributed by atoms with Crippen LogP contribution < -0.4 is 0 Å². The van der Waals surface area contributed by atoms with Crippen molar-refractivity contribution in [1.29, 1.82) is 0 Å². The van der Waals surface area contributed by atoms with E-state index in [1.54, 1.807) is 0 Å². The third kappa shape index (κ3) is 1.44. The van der Waals surface area contributed by atoms with Gasteiger partial charge in [-0.05, 0) is 6.42 Å².